The lowest BCUT2D eigenvalue weighted by Gasteiger charge is -2.17. The highest BCUT2D eigenvalue weighted by molar-refractivity contribution is 5.48. The minimum Gasteiger partial charge on any atom is -0.376 e. The topological polar surface area (TPSA) is 12.0 Å². The molecular weight excluding hydrogens is 251 g/mol. The van der Waals surface area contributed by atoms with Crippen molar-refractivity contribution in [1.29, 1.82) is 0 Å². The largest absolute Gasteiger partial charge is 0.376 e. The van der Waals surface area contributed by atoms with Crippen LogP contribution in [0.25, 0.3) is 0 Å². The molecule has 4 heteroatoms. The second kappa shape index (κ2) is 5.34. The van der Waals surface area contributed by atoms with Crippen LogP contribution in [-0.4, -0.2) is 0 Å². The van der Waals surface area contributed by atoms with Crippen LogP contribution in [0.15, 0.2) is 36.4 Å². The van der Waals surface area contributed by atoms with Gasteiger partial charge in [0.2, 0.25) is 0 Å². The SMILES string of the molecule is Cc1ccc(NC(C)c2cc(F)ccc2F)c(F)c1. The van der Waals surface area contributed by atoms with Gasteiger partial charge in [0.1, 0.15) is 17.5 Å². The van der Waals surface area contributed by atoms with E-state index < -0.39 is 23.5 Å². The van der Waals surface area contributed by atoms with Crippen LogP contribution in [0.2, 0.25) is 0 Å². The molecule has 0 aliphatic carbocycles. The lowest BCUT2D eigenvalue weighted by Crippen LogP contribution is -2.10. The van der Waals surface area contributed by atoms with Crippen molar-refractivity contribution in [1.82, 2.24) is 0 Å². The number of hydrogen-bond donors (Lipinski definition) is 1. The number of nitrogens with one attached hydrogen (secondary N) is 1. The molecule has 1 N–H and O–H groups in total. The summed E-state index contributed by atoms with van der Waals surface area (Å²) < 4.78 is 40.4. The molecule has 2 aromatic carbocycles. The molecule has 1 unspecified atom stereocenters. The van der Waals surface area contributed by atoms with E-state index in [1.54, 1.807) is 26.0 Å². The van der Waals surface area contributed by atoms with Crippen molar-refractivity contribution in [3.63, 3.8) is 0 Å². The summed E-state index contributed by atoms with van der Waals surface area (Å²) in [5.41, 5.74) is 1.23. The van der Waals surface area contributed by atoms with Gasteiger partial charge in [0.15, 0.2) is 0 Å². The molecule has 1 atom stereocenters. The van der Waals surface area contributed by atoms with Gasteiger partial charge in [0, 0.05) is 5.56 Å². The summed E-state index contributed by atoms with van der Waals surface area (Å²) in [6.45, 7) is 3.43. The van der Waals surface area contributed by atoms with Crippen LogP contribution in [-0.2, 0) is 0 Å². The van der Waals surface area contributed by atoms with Crippen LogP contribution in [0.3, 0.4) is 0 Å². The first-order chi connectivity index (χ1) is 8.97. The van der Waals surface area contributed by atoms with Crippen molar-refractivity contribution in [2.24, 2.45) is 0 Å². The Bertz CT molecular complexity index is 596. The zero-order valence-electron chi connectivity index (χ0n) is 10.7. The van der Waals surface area contributed by atoms with Crippen LogP contribution >= 0.6 is 0 Å². The average molecular weight is 265 g/mol. The zero-order chi connectivity index (χ0) is 14.0. The molecule has 0 saturated carbocycles. The molecule has 19 heavy (non-hydrogen) atoms. The predicted molar refractivity (Wildman–Crippen MR) is 69.5 cm³/mol. The van der Waals surface area contributed by atoms with E-state index >= 15 is 0 Å². The van der Waals surface area contributed by atoms with Crippen LogP contribution in [0.5, 0.6) is 0 Å². The number of aryl methyl sites for hydroxylation is 1. The van der Waals surface area contributed by atoms with E-state index in [2.05, 4.69) is 5.32 Å². The van der Waals surface area contributed by atoms with Crippen molar-refractivity contribution in [3.05, 3.63) is 65.0 Å². The number of anilines is 1. The maximum atomic E-state index is 13.7. The zero-order valence-corrected chi connectivity index (χ0v) is 10.7. The molecule has 0 fully saturated rings. The Morgan fingerprint density at radius 2 is 1.68 bits per heavy atom. The Morgan fingerprint density at radius 3 is 2.37 bits per heavy atom. The van der Waals surface area contributed by atoms with Gasteiger partial charge in [-0.3, -0.25) is 0 Å². The molecule has 0 saturated heterocycles. The van der Waals surface area contributed by atoms with E-state index in [0.29, 0.717) is 0 Å². The fourth-order valence-corrected chi connectivity index (χ4v) is 1.89. The van der Waals surface area contributed by atoms with Crippen LogP contribution in [0.1, 0.15) is 24.1 Å². The Hall–Kier alpha value is -1.97. The molecule has 0 heterocycles. The van der Waals surface area contributed by atoms with Gasteiger partial charge < -0.3 is 5.32 Å². The Labute approximate surface area is 110 Å². The molecule has 0 aromatic heterocycles. The standard InChI is InChI=1S/C15H14F3N/c1-9-3-6-15(14(18)7-9)19-10(2)12-8-11(16)4-5-13(12)17/h3-8,10,19H,1-2H3. The summed E-state index contributed by atoms with van der Waals surface area (Å²) in [7, 11) is 0. The molecule has 1 nitrogen and oxygen atoms in total. The third-order valence-corrected chi connectivity index (χ3v) is 2.92. The molecular formula is C15H14F3N. The van der Waals surface area contributed by atoms with E-state index in [0.717, 1.165) is 23.8 Å². The molecule has 0 aliphatic heterocycles. The summed E-state index contributed by atoms with van der Waals surface area (Å²) in [5, 5.41) is 2.84. The second-order valence-electron chi connectivity index (χ2n) is 4.52. The smallest absolute Gasteiger partial charge is 0.146 e. The van der Waals surface area contributed by atoms with Crippen molar-refractivity contribution < 1.29 is 13.2 Å². The second-order valence-corrected chi connectivity index (χ2v) is 4.52. The van der Waals surface area contributed by atoms with Gasteiger partial charge in [-0.15, -0.1) is 0 Å². The molecule has 2 aromatic rings. The minimum absolute atomic E-state index is 0.167. The van der Waals surface area contributed by atoms with Gasteiger partial charge >= 0.3 is 0 Å². The fraction of sp³-hybridized carbons (Fsp3) is 0.200. The van der Waals surface area contributed by atoms with Crippen molar-refractivity contribution in [3.8, 4) is 0 Å². The van der Waals surface area contributed by atoms with E-state index in [1.165, 1.54) is 6.07 Å². The molecule has 0 spiro atoms. The quantitative estimate of drug-likeness (QED) is 0.856. The van der Waals surface area contributed by atoms with Gasteiger partial charge in [0.25, 0.3) is 0 Å². The van der Waals surface area contributed by atoms with Crippen molar-refractivity contribution >= 4 is 5.69 Å². The van der Waals surface area contributed by atoms with Crippen molar-refractivity contribution in [2.75, 3.05) is 5.32 Å². The Morgan fingerprint density at radius 1 is 0.947 bits per heavy atom. The summed E-state index contributed by atoms with van der Waals surface area (Å²) in [6.07, 6.45) is 0. The third kappa shape index (κ3) is 3.08. The lowest BCUT2D eigenvalue weighted by atomic mass is 10.1. The van der Waals surface area contributed by atoms with Gasteiger partial charge in [-0.25, -0.2) is 13.2 Å². The van der Waals surface area contributed by atoms with E-state index in [9.17, 15) is 13.2 Å². The maximum absolute atomic E-state index is 13.7. The summed E-state index contributed by atoms with van der Waals surface area (Å²) in [4.78, 5) is 0. The first-order valence-corrected chi connectivity index (χ1v) is 5.95. The third-order valence-electron chi connectivity index (χ3n) is 2.92. The van der Waals surface area contributed by atoms with Crippen LogP contribution < -0.4 is 5.32 Å². The van der Waals surface area contributed by atoms with E-state index in [4.69, 9.17) is 0 Å². The number of benzene rings is 2. The lowest BCUT2D eigenvalue weighted by molar-refractivity contribution is 0.575. The average Bonchev–Trinajstić information content (AvgIpc) is 2.35. The van der Waals surface area contributed by atoms with E-state index in [1.807, 2.05) is 0 Å². The Balaban J connectivity index is 2.25. The van der Waals surface area contributed by atoms with Crippen LogP contribution in [0.4, 0.5) is 18.9 Å². The summed E-state index contributed by atoms with van der Waals surface area (Å²) in [6, 6.07) is 7.41. The maximum Gasteiger partial charge on any atom is 0.146 e. The highest BCUT2D eigenvalue weighted by Gasteiger charge is 2.13. The number of rotatable bonds is 3. The minimum atomic E-state index is -0.534. The highest BCUT2D eigenvalue weighted by atomic mass is 19.1. The van der Waals surface area contributed by atoms with Gasteiger partial charge in [0.05, 0.1) is 11.7 Å². The Kier molecular flexibility index (Phi) is 3.79. The molecule has 0 amide bonds. The van der Waals surface area contributed by atoms with Gasteiger partial charge in [-0.2, -0.15) is 0 Å². The molecule has 100 valence electrons. The van der Waals surface area contributed by atoms with Crippen molar-refractivity contribution in [2.45, 2.75) is 19.9 Å². The monoisotopic (exact) mass is 265 g/mol. The summed E-state index contributed by atoms with van der Waals surface area (Å²) in [5.74, 6) is -1.45. The number of halogens is 3. The van der Waals surface area contributed by atoms with E-state index in [-0.39, 0.29) is 11.3 Å². The first kappa shape index (κ1) is 13.5. The van der Waals surface area contributed by atoms with Crippen LogP contribution in [0, 0.1) is 24.4 Å². The summed E-state index contributed by atoms with van der Waals surface area (Å²) >= 11 is 0. The molecule has 2 rings (SSSR count). The van der Waals surface area contributed by atoms with Gasteiger partial charge in [-0.1, -0.05) is 6.07 Å². The highest BCUT2D eigenvalue weighted by Crippen LogP contribution is 2.24. The normalized spacial score (nSPS) is 12.3. The molecule has 0 radical (unpaired) electrons. The molecule has 0 aliphatic rings. The number of hydrogen-bond acceptors (Lipinski definition) is 1. The molecule has 0 bridgehead atoms. The van der Waals surface area contributed by atoms with Gasteiger partial charge in [-0.05, 0) is 49.7 Å². The predicted octanol–water partition coefficient (Wildman–Crippen LogP) is 4.59. The fourth-order valence-electron chi connectivity index (χ4n) is 1.89. The first-order valence-electron chi connectivity index (χ1n) is 5.95.